The van der Waals surface area contributed by atoms with Crippen molar-refractivity contribution < 1.29 is 4.74 Å². The minimum atomic E-state index is 0.360. The highest BCUT2D eigenvalue weighted by atomic mass is 16.5. The van der Waals surface area contributed by atoms with Crippen molar-refractivity contribution >= 4 is 0 Å². The van der Waals surface area contributed by atoms with Gasteiger partial charge in [0.2, 0.25) is 0 Å². The lowest BCUT2D eigenvalue weighted by atomic mass is 9.86. The Kier molecular flexibility index (Phi) is 5.27. The number of nitrogens with one attached hydrogen (secondary N) is 1. The molecule has 3 nitrogen and oxygen atoms in total. The fraction of sp³-hybridized carbons (Fsp3) is 1.00. The van der Waals surface area contributed by atoms with Gasteiger partial charge < -0.3 is 15.0 Å². The van der Waals surface area contributed by atoms with E-state index in [-0.39, 0.29) is 0 Å². The first-order valence-corrected chi connectivity index (χ1v) is 8.01. The summed E-state index contributed by atoms with van der Waals surface area (Å²) in [6.45, 7) is 17.2. The summed E-state index contributed by atoms with van der Waals surface area (Å²) in [7, 11) is 0. The van der Waals surface area contributed by atoms with Gasteiger partial charge in [0.05, 0.1) is 6.61 Å². The molecule has 0 aromatic rings. The number of likely N-dealkylation sites (tertiary alicyclic amines) is 1. The zero-order valence-corrected chi connectivity index (χ0v) is 13.2. The molecule has 2 aliphatic rings. The second-order valence-corrected chi connectivity index (χ2v) is 7.48. The molecule has 0 spiro atoms. The number of rotatable bonds is 6. The monoisotopic (exact) mass is 268 g/mol. The third kappa shape index (κ3) is 4.17. The molecule has 3 atom stereocenters. The SMILES string of the molecule is CC(C)CNCC1(CN2CC(C)C(C)C2)CCOC1. The number of hydrogen-bond acceptors (Lipinski definition) is 3. The first-order valence-electron chi connectivity index (χ1n) is 8.01. The molecule has 0 aromatic carbocycles. The Labute approximate surface area is 119 Å². The molecule has 3 unspecified atom stereocenters. The number of ether oxygens (including phenoxy) is 1. The molecule has 0 amide bonds. The van der Waals surface area contributed by atoms with Crippen molar-refractivity contribution in [2.75, 3.05) is 45.9 Å². The van der Waals surface area contributed by atoms with Crippen molar-refractivity contribution in [2.45, 2.75) is 34.1 Å². The van der Waals surface area contributed by atoms with E-state index < -0.39 is 0 Å². The topological polar surface area (TPSA) is 24.5 Å². The molecule has 0 bridgehead atoms. The molecule has 0 radical (unpaired) electrons. The van der Waals surface area contributed by atoms with Crippen molar-refractivity contribution in [2.24, 2.45) is 23.2 Å². The Balaban J connectivity index is 1.85. The van der Waals surface area contributed by atoms with Crippen LogP contribution in [0.15, 0.2) is 0 Å². The van der Waals surface area contributed by atoms with Gasteiger partial charge in [-0.1, -0.05) is 27.7 Å². The van der Waals surface area contributed by atoms with E-state index in [0.717, 1.165) is 44.1 Å². The van der Waals surface area contributed by atoms with Gasteiger partial charge in [0.15, 0.2) is 0 Å². The normalized spacial score (nSPS) is 36.5. The maximum Gasteiger partial charge on any atom is 0.0547 e. The van der Waals surface area contributed by atoms with Crippen LogP contribution < -0.4 is 5.32 Å². The van der Waals surface area contributed by atoms with Gasteiger partial charge in [-0.3, -0.25) is 0 Å². The molecular formula is C16H32N2O. The van der Waals surface area contributed by atoms with Crippen LogP contribution in [0.1, 0.15) is 34.1 Å². The average Bonchev–Trinajstić information content (AvgIpc) is 2.88. The molecule has 1 N–H and O–H groups in total. The molecule has 2 heterocycles. The summed E-state index contributed by atoms with van der Waals surface area (Å²) in [5.41, 5.74) is 0.360. The van der Waals surface area contributed by atoms with Crippen molar-refractivity contribution in [1.82, 2.24) is 10.2 Å². The van der Waals surface area contributed by atoms with E-state index in [1.165, 1.54) is 26.1 Å². The summed E-state index contributed by atoms with van der Waals surface area (Å²) in [5, 5.41) is 3.66. The molecule has 2 aliphatic heterocycles. The molecule has 19 heavy (non-hydrogen) atoms. The van der Waals surface area contributed by atoms with Crippen LogP contribution in [0.3, 0.4) is 0 Å². The largest absolute Gasteiger partial charge is 0.381 e. The predicted molar refractivity (Wildman–Crippen MR) is 80.3 cm³/mol. The third-order valence-electron chi connectivity index (χ3n) is 4.86. The van der Waals surface area contributed by atoms with E-state index in [1.807, 2.05) is 0 Å². The van der Waals surface area contributed by atoms with Crippen molar-refractivity contribution in [3.8, 4) is 0 Å². The van der Waals surface area contributed by atoms with E-state index in [0.29, 0.717) is 5.41 Å². The van der Waals surface area contributed by atoms with Crippen LogP contribution in [0.2, 0.25) is 0 Å². The second-order valence-electron chi connectivity index (χ2n) is 7.48. The van der Waals surface area contributed by atoms with E-state index in [9.17, 15) is 0 Å². The molecule has 112 valence electrons. The Morgan fingerprint density at radius 2 is 1.95 bits per heavy atom. The average molecular weight is 268 g/mol. The molecular weight excluding hydrogens is 236 g/mol. The molecule has 0 aromatic heterocycles. The highest BCUT2D eigenvalue weighted by molar-refractivity contribution is 4.91. The van der Waals surface area contributed by atoms with E-state index in [2.05, 4.69) is 37.9 Å². The third-order valence-corrected chi connectivity index (χ3v) is 4.86. The van der Waals surface area contributed by atoms with Gasteiger partial charge in [-0.2, -0.15) is 0 Å². The van der Waals surface area contributed by atoms with Crippen LogP contribution in [-0.4, -0.2) is 50.8 Å². The van der Waals surface area contributed by atoms with Crippen LogP contribution >= 0.6 is 0 Å². The van der Waals surface area contributed by atoms with E-state index in [1.54, 1.807) is 0 Å². The van der Waals surface area contributed by atoms with Crippen LogP contribution in [0.25, 0.3) is 0 Å². The molecule has 0 saturated carbocycles. The first kappa shape index (κ1) is 15.3. The lowest BCUT2D eigenvalue weighted by molar-refractivity contribution is 0.116. The van der Waals surface area contributed by atoms with Crippen LogP contribution in [-0.2, 0) is 4.74 Å². The predicted octanol–water partition coefficient (Wildman–Crippen LogP) is 2.23. The lowest BCUT2D eigenvalue weighted by Crippen LogP contribution is -2.45. The van der Waals surface area contributed by atoms with Gasteiger partial charge in [0, 0.05) is 38.2 Å². The molecule has 2 rings (SSSR count). The summed E-state index contributed by atoms with van der Waals surface area (Å²) in [6.07, 6.45) is 1.22. The van der Waals surface area contributed by atoms with Gasteiger partial charge in [-0.05, 0) is 30.7 Å². The summed E-state index contributed by atoms with van der Waals surface area (Å²) in [6, 6.07) is 0. The fourth-order valence-corrected chi connectivity index (χ4v) is 3.45. The minimum absolute atomic E-state index is 0.360. The quantitative estimate of drug-likeness (QED) is 0.799. The molecule has 3 heteroatoms. The Bertz CT molecular complexity index is 264. The van der Waals surface area contributed by atoms with Crippen LogP contribution in [0.5, 0.6) is 0 Å². The minimum Gasteiger partial charge on any atom is -0.381 e. The smallest absolute Gasteiger partial charge is 0.0547 e. The van der Waals surface area contributed by atoms with Crippen molar-refractivity contribution in [1.29, 1.82) is 0 Å². The summed E-state index contributed by atoms with van der Waals surface area (Å²) >= 11 is 0. The van der Waals surface area contributed by atoms with Crippen molar-refractivity contribution in [3.63, 3.8) is 0 Å². The summed E-state index contributed by atoms with van der Waals surface area (Å²) in [5.74, 6) is 2.43. The summed E-state index contributed by atoms with van der Waals surface area (Å²) < 4.78 is 5.72. The van der Waals surface area contributed by atoms with Crippen LogP contribution in [0.4, 0.5) is 0 Å². The highest BCUT2D eigenvalue weighted by Crippen LogP contribution is 2.32. The van der Waals surface area contributed by atoms with E-state index >= 15 is 0 Å². The highest BCUT2D eigenvalue weighted by Gasteiger charge is 2.38. The molecule has 0 aliphatic carbocycles. The maximum atomic E-state index is 5.72. The zero-order chi connectivity index (χ0) is 13.9. The van der Waals surface area contributed by atoms with Crippen LogP contribution in [0, 0.1) is 23.2 Å². The summed E-state index contributed by atoms with van der Waals surface area (Å²) in [4.78, 5) is 2.67. The zero-order valence-electron chi connectivity index (χ0n) is 13.2. The van der Waals surface area contributed by atoms with Gasteiger partial charge >= 0.3 is 0 Å². The fourth-order valence-electron chi connectivity index (χ4n) is 3.45. The van der Waals surface area contributed by atoms with Crippen molar-refractivity contribution in [3.05, 3.63) is 0 Å². The first-order chi connectivity index (χ1) is 9.01. The molecule has 2 fully saturated rings. The maximum absolute atomic E-state index is 5.72. The Hall–Kier alpha value is -0.120. The Morgan fingerprint density at radius 3 is 2.47 bits per heavy atom. The van der Waals surface area contributed by atoms with Gasteiger partial charge in [0.25, 0.3) is 0 Å². The number of nitrogens with zero attached hydrogens (tertiary/aromatic N) is 1. The van der Waals surface area contributed by atoms with Gasteiger partial charge in [-0.25, -0.2) is 0 Å². The van der Waals surface area contributed by atoms with Gasteiger partial charge in [-0.15, -0.1) is 0 Å². The number of hydrogen-bond donors (Lipinski definition) is 1. The standard InChI is InChI=1S/C16H32N2O/c1-13(2)7-17-10-16(5-6-19-12-16)11-18-8-14(3)15(4)9-18/h13-15,17H,5-12H2,1-4H3. The molecule has 2 saturated heterocycles. The van der Waals surface area contributed by atoms with E-state index in [4.69, 9.17) is 4.74 Å². The van der Waals surface area contributed by atoms with Gasteiger partial charge in [0.1, 0.15) is 0 Å². The Morgan fingerprint density at radius 1 is 1.26 bits per heavy atom. The lowest BCUT2D eigenvalue weighted by Gasteiger charge is -2.33. The second kappa shape index (κ2) is 6.55.